The van der Waals surface area contributed by atoms with E-state index in [1.54, 1.807) is 5.32 Å². The number of hydroxylamine groups is 2. The van der Waals surface area contributed by atoms with E-state index >= 15 is 0 Å². The maximum Gasteiger partial charge on any atom is 0.363 e. The lowest BCUT2D eigenvalue weighted by Crippen LogP contribution is -2.98. The molecule has 0 spiro atoms. The normalized spacial score (nSPS) is 25.7. The Morgan fingerprint density at radius 1 is 1.41 bits per heavy atom. The van der Waals surface area contributed by atoms with Gasteiger partial charge in [-0.2, -0.15) is 5.06 Å². The Hall–Kier alpha value is -1.43. The van der Waals surface area contributed by atoms with Crippen LogP contribution in [0.25, 0.3) is 0 Å². The first-order valence-electron chi connectivity index (χ1n) is 5.72. The first-order chi connectivity index (χ1) is 8.16. The van der Waals surface area contributed by atoms with E-state index in [-0.39, 0.29) is 12.6 Å². The number of piperazine rings is 1. The minimum atomic E-state index is -0.873. The van der Waals surface area contributed by atoms with Gasteiger partial charge in [-0.05, 0) is 12.0 Å². The SMILES string of the molecule is O=C(O)[C@H]1CN(O)[C@H](Cc2ccccc2)C[NH2+]1. The summed E-state index contributed by atoms with van der Waals surface area (Å²) in [4.78, 5) is 10.8. The zero-order valence-electron chi connectivity index (χ0n) is 9.49. The predicted octanol–water partition coefficient (Wildman–Crippen LogP) is -0.681. The number of nitrogens with zero attached hydrogens (tertiary/aromatic N) is 1. The molecule has 5 nitrogen and oxygen atoms in total. The van der Waals surface area contributed by atoms with Crippen LogP contribution >= 0.6 is 0 Å². The minimum absolute atomic E-state index is 0.0204. The Bertz CT molecular complexity index is 383. The second kappa shape index (κ2) is 5.27. The lowest BCUT2D eigenvalue weighted by molar-refractivity contribution is -0.697. The van der Waals surface area contributed by atoms with Crippen molar-refractivity contribution < 1.29 is 20.4 Å². The fourth-order valence-corrected chi connectivity index (χ4v) is 2.12. The molecule has 4 N–H and O–H groups in total. The molecule has 0 bridgehead atoms. The molecule has 0 aliphatic carbocycles. The number of aliphatic carboxylic acids is 1. The summed E-state index contributed by atoms with van der Waals surface area (Å²) < 4.78 is 0. The molecule has 92 valence electrons. The van der Waals surface area contributed by atoms with E-state index in [0.29, 0.717) is 6.54 Å². The number of benzene rings is 1. The topological polar surface area (TPSA) is 77.4 Å². The van der Waals surface area contributed by atoms with Gasteiger partial charge in [0.1, 0.15) is 0 Å². The Labute approximate surface area is 99.6 Å². The monoisotopic (exact) mass is 237 g/mol. The predicted molar refractivity (Wildman–Crippen MR) is 60.6 cm³/mol. The molecular formula is C12H17N2O3+. The zero-order valence-corrected chi connectivity index (χ0v) is 9.49. The van der Waals surface area contributed by atoms with Crippen LogP contribution in [-0.4, -0.2) is 46.5 Å². The molecule has 1 aliphatic rings. The Balaban J connectivity index is 1.94. The molecule has 2 atom stereocenters. The first-order valence-corrected chi connectivity index (χ1v) is 5.72. The van der Waals surface area contributed by atoms with Gasteiger partial charge in [0.15, 0.2) is 6.04 Å². The van der Waals surface area contributed by atoms with E-state index in [4.69, 9.17) is 5.11 Å². The summed E-state index contributed by atoms with van der Waals surface area (Å²) in [6.45, 7) is 0.773. The Morgan fingerprint density at radius 2 is 2.12 bits per heavy atom. The van der Waals surface area contributed by atoms with Gasteiger partial charge >= 0.3 is 5.97 Å². The van der Waals surface area contributed by atoms with Crippen LogP contribution in [0, 0.1) is 0 Å². The van der Waals surface area contributed by atoms with Gasteiger partial charge in [0.25, 0.3) is 0 Å². The molecule has 1 aliphatic heterocycles. The molecule has 1 aromatic carbocycles. The van der Waals surface area contributed by atoms with Crippen LogP contribution in [-0.2, 0) is 11.2 Å². The number of carboxylic acids is 1. The summed E-state index contributed by atoms with van der Waals surface area (Å²) in [5.74, 6) is -0.873. The van der Waals surface area contributed by atoms with Gasteiger partial charge in [0, 0.05) is 0 Å². The Morgan fingerprint density at radius 3 is 2.71 bits per heavy atom. The highest BCUT2D eigenvalue weighted by Crippen LogP contribution is 2.08. The fraction of sp³-hybridized carbons (Fsp3) is 0.417. The summed E-state index contributed by atoms with van der Waals surface area (Å²) in [6.07, 6.45) is 0.736. The van der Waals surface area contributed by atoms with Crippen LogP contribution in [0.1, 0.15) is 5.56 Å². The van der Waals surface area contributed by atoms with Gasteiger partial charge in [-0.1, -0.05) is 30.3 Å². The van der Waals surface area contributed by atoms with Crippen LogP contribution in [0.3, 0.4) is 0 Å². The number of hydrogen-bond donors (Lipinski definition) is 3. The highest BCUT2D eigenvalue weighted by Gasteiger charge is 2.34. The zero-order chi connectivity index (χ0) is 12.3. The average Bonchev–Trinajstić information content (AvgIpc) is 2.33. The summed E-state index contributed by atoms with van der Waals surface area (Å²) >= 11 is 0. The van der Waals surface area contributed by atoms with Crippen molar-refractivity contribution in [3.63, 3.8) is 0 Å². The molecular weight excluding hydrogens is 220 g/mol. The minimum Gasteiger partial charge on any atom is -0.477 e. The largest absolute Gasteiger partial charge is 0.477 e. The van der Waals surface area contributed by atoms with Crippen LogP contribution in [0.2, 0.25) is 0 Å². The quantitative estimate of drug-likeness (QED) is 0.651. The van der Waals surface area contributed by atoms with Crippen molar-refractivity contribution in [3.05, 3.63) is 35.9 Å². The van der Waals surface area contributed by atoms with E-state index in [2.05, 4.69) is 0 Å². The van der Waals surface area contributed by atoms with Gasteiger partial charge < -0.3 is 15.6 Å². The maximum atomic E-state index is 10.8. The molecule has 0 unspecified atom stereocenters. The summed E-state index contributed by atoms with van der Waals surface area (Å²) in [5.41, 5.74) is 1.15. The summed E-state index contributed by atoms with van der Waals surface area (Å²) in [6, 6.07) is 9.31. The second-order valence-electron chi connectivity index (χ2n) is 4.38. The van der Waals surface area contributed by atoms with Crippen LogP contribution < -0.4 is 5.32 Å². The molecule has 5 heteroatoms. The maximum absolute atomic E-state index is 10.8. The molecule has 1 aromatic rings. The average molecular weight is 237 g/mol. The van der Waals surface area contributed by atoms with Gasteiger partial charge in [-0.25, -0.2) is 4.79 Å². The van der Waals surface area contributed by atoms with E-state index in [9.17, 15) is 10.0 Å². The number of rotatable bonds is 3. The highest BCUT2D eigenvalue weighted by molar-refractivity contribution is 5.72. The van der Waals surface area contributed by atoms with Gasteiger partial charge in [-0.3, -0.25) is 0 Å². The number of nitrogens with two attached hydrogens (primary N) is 1. The molecule has 2 rings (SSSR count). The number of hydrogen-bond acceptors (Lipinski definition) is 3. The van der Waals surface area contributed by atoms with E-state index in [0.717, 1.165) is 17.0 Å². The summed E-state index contributed by atoms with van der Waals surface area (Å²) in [5, 5.41) is 21.6. The van der Waals surface area contributed by atoms with Crippen LogP contribution in [0.4, 0.5) is 0 Å². The molecule has 0 amide bonds. The summed E-state index contributed by atoms with van der Waals surface area (Å²) in [7, 11) is 0. The van der Waals surface area contributed by atoms with E-state index in [1.165, 1.54) is 0 Å². The number of quaternary nitrogens is 1. The van der Waals surface area contributed by atoms with E-state index in [1.807, 2.05) is 30.3 Å². The van der Waals surface area contributed by atoms with Crippen LogP contribution in [0.15, 0.2) is 30.3 Å². The van der Waals surface area contributed by atoms with Gasteiger partial charge in [0.05, 0.1) is 19.1 Å². The van der Waals surface area contributed by atoms with Crippen molar-refractivity contribution >= 4 is 5.97 Å². The third-order valence-corrected chi connectivity index (χ3v) is 3.13. The molecule has 0 radical (unpaired) electrons. The lowest BCUT2D eigenvalue weighted by atomic mass is 10.0. The second-order valence-corrected chi connectivity index (χ2v) is 4.38. The number of carbonyl (C=O) groups is 1. The van der Waals surface area contributed by atoms with Crippen molar-refractivity contribution in [1.29, 1.82) is 0 Å². The third-order valence-electron chi connectivity index (χ3n) is 3.13. The molecule has 17 heavy (non-hydrogen) atoms. The molecule has 1 saturated heterocycles. The van der Waals surface area contributed by atoms with Crippen molar-refractivity contribution in [3.8, 4) is 0 Å². The fourth-order valence-electron chi connectivity index (χ4n) is 2.12. The van der Waals surface area contributed by atoms with Crippen molar-refractivity contribution in [2.45, 2.75) is 18.5 Å². The highest BCUT2D eigenvalue weighted by atomic mass is 16.5. The van der Waals surface area contributed by atoms with Crippen molar-refractivity contribution in [2.24, 2.45) is 0 Å². The number of carboxylic acid groups (broad SMARTS) is 1. The molecule has 0 saturated carbocycles. The van der Waals surface area contributed by atoms with Gasteiger partial charge in [-0.15, -0.1) is 0 Å². The van der Waals surface area contributed by atoms with Crippen LogP contribution in [0.5, 0.6) is 0 Å². The first kappa shape index (κ1) is 12.0. The lowest BCUT2D eigenvalue weighted by Gasteiger charge is -2.31. The third kappa shape index (κ3) is 3.03. The molecule has 0 aromatic heterocycles. The molecule has 1 heterocycles. The van der Waals surface area contributed by atoms with Crippen molar-refractivity contribution in [2.75, 3.05) is 13.1 Å². The van der Waals surface area contributed by atoms with Gasteiger partial charge in [0.2, 0.25) is 0 Å². The molecule has 1 fully saturated rings. The van der Waals surface area contributed by atoms with E-state index < -0.39 is 12.0 Å². The smallest absolute Gasteiger partial charge is 0.363 e. The Kier molecular flexibility index (Phi) is 3.73. The van der Waals surface area contributed by atoms with Crippen molar-refractivity contribution in [1.82, 2.24) is 5.06 Å². The standard InChI is InChI=1S/C12H16N2O3/c15-12(16)11-8-14(17)10(7-13-11)6-9-4-2-1-3-5-9/h1-5,10-11,13,17H,6-8H2,(H,15,16)/p+1/t10-,11-/m1/s1.